The van der Waals surface area contributed by atoms with Crippen LogP contribution >= 0.6 is 12.2 Å². The lowest BCUT2D eigenvalue weighted by molar-refractivity contribution is 0.396. The molecule has 0 saturated heterocycles. The third kappa shape index (κ3) is 5.03. The minimum atomic E-state index is -0.0896. The molecule has 0 spiro atoms. The first-order chi connectivity index (χ1) is 15.5. The molecular weight excluding hydrogens is 416 g/mol. The van der Waals surface area contributed by atoms with Gasteiger partial charge in [-0.05, 0) is 65.8 Å². The van der Waals surface area contributed by atoms with Gasteiger partial charge in [-0.3, -0.25) is 9.78 Å². The standard InChI is InChI=1S/C26H26N4OS/c1-18-10-11-22-13-23(25(31)29-24(22)19(18)2)17-30(16-21-9-6-12-27-14-21)26(32)28-15-20-7-4-3-5-8-20/h3-14H,15-17H2,1-2H3,(H,28,32)(H,29,31). The van der Waals surface area contributed by atoms with Crippen LogP contribution in [0.3, 0.4) is 0 Å². The number of H-pyrrole nitrogens is 1. The van der Waals surface area contributed by atoms with Crippen molar-refractivity contribution < 1.29 is 0 Å². The number of nitrogens with zero attached hydrogens (tertiary/aromatic N) is 2. The van der Waals surface area contributed by atoms with Crippen molar-refractivity contribution in [3.8, 4) is 0 Å². The maximum atomic E-state index is 12.9. The number of benzene rings is 2. The molecule has 0 aliphatic heterocycles. The van der Waals surface area contributed by atoms with E-state index in [0.29, 0.717) is 30.3 Å². The van der Waals surface area contributed by atoms with E-state index in [-0.39, 0.29) is 5.56 Å². The lowest BCUT2D eigenvalue weighted by Crippen LogP contribution is -2.39. The van der Waals surface area contributed by atoms with Gasteiger partial charge in [0.05, 0.1) is 12.1 Å². The first kappa shape index (κ1) is 21.7. The molecule has 4 rings (SSSR count). The Morgan fingerprint density at radius 2 is 1.81 bits per heavy atom. The summed E-state index contributed by atoms with van der Waals surface area (Å²) in [5.41, 5.74) is 5.90. The van der Waals surface area contributed by atoms with E-state index in [9.17, 15) is 4.79 Å². The molecule has 0 saturated carbocycles. The van der Waals surface area contributed by atoms with Crippen LogP contribution in [0.15, 0.2) is 77.9 Å². The molecule has 0 amide bonds. The van der Waals surface area contributed by atoms with Crippen molar-refractivity contribution in [1.29, 1.82) is 0 Å². The number of rotatable bonds is 6. The van der Waals surface area contributed by atoms with Crippen LogP contribution in [-0.2, 0) is 19.6 Å². The van der Waals surface area contributed by atoms with Crippen LogP contribution in [0.2, 0.25) is 0 Å². The largest absolute Gasteiger partial charge is 0.358 e. The van der Waals surface area contributed by atoms with Gasteiger partial charge in [0.25, 0.3) is 5.56 Å². The predicted molar refractivity (Wildman–Crippen MR) is 133 cm³/mol. The summed E-state index contributed by atoms with van der Waals surface area (Å²) in [4.78, 5) is 22.2. The third-order valence-electron chi connectivity index (χ3n) is 5.66. The fourth-order valence-electron chi connectivity index (χ4n) is 3.69. The number of hydrogen-bond acceptors (Lipinski definition) is 3. The molecule has 6 heteroatoms. The molecule has 2 aromatic carbocycles. The van der Waals surface area contributed by atoms with E-state index in [4.69, 9.17) is 12.2 Å². The Kier molecular flexibility index (Phi) is 6.61. The zero-order valence-corrected chi connectivity index (χ0v) is 19.1. The summed E-state index contributed by atoms with van der Waals surface area (Å²) < 4.78 is 0. The molecule has 0 atom stereocenters. The van der Waals surface area contributed by atoms with Crippen molar-refractivity contribution in [3.63, 3.8) is 0 Å². The van der Waals surface area contributed by atoms with Crippen molar-refractivity contribution in [2.75, 3.05) is 0 Å². The topological polar surface area (TPSA) is 61.0 Å². The Labute approximate surface area is 193 Å². The summed E-state index contributed by atoms with van der Waals surface area (Å²) >= 11 is 5.73. The molecule has 0 bridgehead atoms. The van der Waals surface area contributed by atoms with Crippen LogP contribution in [0, 0.1) is 13.8 Å². The van der Waals surface area contributed by atoms with Crippen molar-refractivity contribution in [2.24, 2.45) is 0 Å². The normalized spacial score (nSPS) is 10.8. The third-order valence-corrected chi connectivity index (χ3v) is 6.06. The molecule has 0 fully saturated rings. The lowest BCUT2D eigenvalue weighted by atomic mass is 10.0. The molecule has 0 radical (unpaired) electrons. The van der Waals surface area contributed by atoms with Gasteiger partial charge in [-0.15, -0.1) is 0 Å². The Hall–Kier alpha value is -3.51. The number of aryl methyl sites for hydroxylation is 2. The average molecular weight is 443 g/mol. The van der Waals surface area contributed by atoms with E-state index in [0.717, 1.165) is 33.2 Å². The number of nitrogens with one attached hydrogen (secondary N) is 2. The van der Waals surface area contributed by atoms with Gasteiger partial charge in [0.2, 0.25) is 0 Å². The second kappa shape index (κ2) is 9.75. The highest BCUT2D eigenvalue weighted by Gasteiger charge is 2.15. The van der Waals surface area contributed by atoms with Crippen LogP contribution in [0.4, 0.5) is 0 Å². The number of aromatic nitrogens is 2. The second-order valence-electron chi connectivity index (χ2n) is 7.96. The van der Waals surface area contributed by atoms with Crippen LogP contribution in [0.25, 0.3) is 10.9 Å². The van der Waals surface area contributed by atoms with Gasteiger partial charge in [-0.25, -0.2) is 0 Å². The first-order valence-corrected chi connectivity index (χ1v) is 11.0. The minimum absolute atomic E-state index is 0.0896. The molecule has 0 aliphatic rings. The predicted octanol–water partition coefficient (Wildman–Crippen LogP) is 4.62. The van der Waals surface area contributed by atoms with Gasteiger partial charge in [0.15, 0.2) is 5.11 Å². The molecule has 32 heavy (non-hydrogen) atoms. The van der Waals surface area contributed by atoms with Gasteiger partial charge in [-0.1, -0.05) is 48.5 Å². The fraction of sp³-hybridized carbons (Fsp3) is 0.192. The number of pyridine rings is 2. The SMILES string of the molecule is Cc1ccc2cc(CN(Cc3cccnc3)C(=S)NCc3ccccc3)c(=O)[nH]c2c1C. The number of hydrogen-bond donors (Lipinski definition) is 2. The van der Waals surface area contributed by atoms with Gasteiger partial charge < -0.3 is 15.2 Å². The smallest absolute Gasteiger partial charge is 0.253 e. The zero-order chi connectivity index (χ0) is 22.5. The minimum Gasteiger partial charge on any atom is -0.358 e. The van der Waals surface area contributed by atoms with Gasteiger partial charge in [0, 0.05) is 31.0 Å². The zero-order valence-electron chi connectivity index (χ0n) is 18.3. The van der Waals surface area contributed by atoms with Gasteiger partial charge in [0.1, 0.15) is 0 Å². The first-order valence-electron chi connectivity index (χ1n) is 10.6. The summed E-state index contributed by atoms with van der Waals surface area (Å²) in [6, 6.07) is 20.1. The van der Waals surface area contributed by atoms with E-state index in [1.807, 2.05) is 61.3 Å². The van der Waals surface area contributed by atoms with E-state index >= 15 is 0 Å². The fourth-order valence-corrected chi connectivity index (χ4v) is 3.89. The van der Waals surface area contributed by atoms with Gasteiger partial charge in [-0.2, -0.15) is 0 Å². The Morgan fingerprint density at radius 1 is 1.03 bits per heavy atom. The summed E-state index contributed by atoms with van der Waals surface area (Å²) in [5.74, 6) is 0. The van der Waals surface area contributed by atoms with Crippen LogP contribution < -0.4 is 10.9 Å². The van der Waals surface area contributed by atoms with Crippen LogP contribution in [0.1, 0.15) is 27.8 Å². The van der Waals surface area contributed by atoms with Crippen molar-refractivity contribution in [1.82, 2.24) is 20.2 Å². The summed E-state index contributed by atoms with van der Waals surface area (Å²) in [7, 11) is 0. The van der Waals surface area contributed by atoms with Crippen molar-refractivity contribution >= 4 is 28.2 Å². The maximum Gasteiger partial charge on any atom is 0.253 e. The summed E-state index contributed by atoms with van der Waals surface area (Å²) in [6.07, 6.45) is 3.57. The van der Waals surface area contributed by atoms with Crippen LogP contribution in [0.5, 0.6) is 0 Å². The Balaban J connectivity index is 1.61. The molecule has 0 unspecified atom stereocenters. The second-order valence-corrected chi connectivity index (χ2v) is 8.34. The highest BCUT2D eigenvalue weighted by Crippen LogP contribution is 2.20. The molecule has 2 aromatic heterocycles. The maximum absolute atomic E-state index is 12.9. The molecule has 2 N–H and O–H groups in total. The van der Waals surface area contributed by atoms with E-state index in [2.05, 4.69) is 39.6 Å². The monoisotopic (exact) mass is 442 g/mol. The molecular formula is C26H26N4OS. The molecule has 2 heterocycles. The van der Waals surface area contributed by atoms with E-state index in [1.165, 1.54) is 0 Å². The van der Waals surface area contributed by atoms with Crippen molar-refractivity contribution in [3.05, 3.63) is 111 Å². The lowest BCUT2D eigenvalue weighted by Gasteiger charge is -2.26. The molecule has 5 nitrogen and oxygen atoms in total. The van der Waals surface area contributed by atoms with Gasteiger partial charge >= 0.3 is 0 Å². The highest BCUT2D eigenvalue weighted by molar-refractivity contribution is 7.80. The summed E-state index contributed by atoms with van der Waals surface area (Å²) in [6.45, 7) is 5.65. The quantitative estimate of drug-likeness (QED) is 0.427. The molecule has 4 aromatic rings. The Morgan fingerprint density at radius 3 is 2.56 bits per heavy atom. The van der Waals surface area contributed by atoms with E-state index in [1.54, 1.807) is 6.20 Å². The number of thiocarbonyl (C=S) groups is 1. The molecule has 162 valence electrons. The average Bonchev–Trinajstić information content (AvgIpc) is 2.82. The van der Waals surface area contributed by atoms with Crippen LogP contribution in [-0.4, -0.2) is 20.0 Å². The molecule has 0 aliphatic carbocycles. The summed E-state index contributed by atoms with van der Waals surface area (Å²) in [5, 5.41) is 4.95. The van der Waals surface area contributed by atoms with E-state index < -0.39 is 0 Å². The Bertz CT molecular complexity index is 1290. The number of aromatic amines is 1. The highest BCUT2D eigenvalue weighted by atomic mass is 32.1. The van der Waals surface area contributed by atoms with Crippen molar-refractivity contribution in [2.45, 2.75) is 33.5 Å². The number of fused-ring (bicyclic) bond motifs is 1.